The van der Waals surface area contributed by atoms with Crippen molar-refractivity contribution in [2.75, 3.05) is 0 Å². The number of aryl methyl sites for hydroxylation is 1. The Morgan fingerprint density at radius 3 is 1.88 bits per heavy atom. The molecule has 1 aliphatic carbocycles. The Labute approximate surface area is 247 Å². The van der Waals surface area contributed by atoms with Gasteiger partial charge in [-0.3, -0.25) is 0 Å². The molecule has 0 unspecified atom stereocenters. The number of rotatable bonds is 14. The summed E-state index contributed by atoms with van der Waals surface area (Å²) < 4.78 is 57.0. The van der Waals surface area contributed by atoms with Gasteiger partial charge >= 0.3 is 5.97 Å². The van der Waals surface area contributed by atoms with Crippen molar-refractivity contribution in [3.8, 4) is 22.3 Å². The second kappa shape index (κ2) is 15.4. The molecule has 0 amide bonds. The normalized spacial score (nSPS) is 17.0. The molecule has 4 rings (SSSR count). The summed E-state index contributed by atoms with van der Waals surface area (Å²) in [6, 6.07) is 11.5. The summed E-state index contributed by atoms with van der Waals surface area (Å²) >= 11 is 0. The first-order chi connectivity index (χ1) is 20.3. The molecule has 42 heavy (non-hydrogen) atoms. The van der Waals surface area contributed by atoms with Gasteiger partial charge in [-0.05, 0) is 65.1 Å². The molecule has 6 heteroatoms. The molecule has 0 heterocycles. The molecule has 0 atom stereocenters. The van der Waals surface area contributed by atoms with E-state index in [-0.39, 0.29) is 16.7 Å². The van der Waals surface area contributed by atoms with Crippen LogP contribution in [0.25, 0.3) is 22.3 Å². The highest BCUT2D eigenvalue weighted by Gasteiger charge is 2.23. The summed E-state index contributed by atoms with van der Waals surface area (Å²) in [4.78, 5) is 11.6. The molecular weight excluding hydrogens is 540 g/mol. The highest BCUT2D eigenvalue weighted by Crippen LogP contribution is 2.38. The van der Waals surface area contributed by atoms with Crippen molar-refractivity contribution in [2.45, 2.75) is 96.8 Å². The van der Waals surface area contributed by atoms with Gasteiger partial charge in [-0.2, -0.15) is 0 Å². The summed E-state index contributed by atoms with van der Waals surface area (Å²) in [5, 5.41) is 9.40. The van der Waals surface area contributed by atoms with E-state index >= 15 is 4.39 Å². The Hall–Kier alpha value is -3.15. The molecule has 0 spiro atoms. The lowest BCUT2D eigenvalue weighted by molar-refractivity contribution is 0.0692. The minimum Gasteiger partial charge on any atom is -0.478 e. The van der Waals surface area contributed by atoms with Gasteiger partial charge in [0.15, 0.2) is 17.5 Å². The zero-order valence-electron chi connectivity index (χ0n) is 24.5. The number of hydrogen-bond donors (Lipinski definition) is 1. The highest BCUT2D eigenvalue weighted by atomic mass is 19.2. The van der Waals surface area contributed by atoms with E-state index < -0.39 is 34.8 Å². The molecule has 3 aromatic rings. The first-order valence-electron chi connectivity index (χ1n) is 15.6. The van der Waals surface area contributed by atoms with Crippen LogP contribution in [0.15, 0.2) is 48.5 Å². The maximum absolute atomic E-state index is 15.4. The van der Waals surface area contributed by atoms with Crippen molar-refractivity contribution in [1.29, 1.82) is 0 Å². The first-order valence-corrected chi connectivity index (χ1v) is 15.6. The average Bonchev–Trinajstić information content (AvgIpc) is 2.98. The van der Waals surface area contributed by atoms with Gasteiger partial charge in [-0.1, -0.05) is 114 Å². The summed E-state index contributed by atoms with van der Waals surface area (Å²) in [7, 11) is 0. The lowest BCUT2D eigenvalue weighted by atomic mass is 9.77. The van der Waals surface area contributed by atoms with Gasteiger partial charge in [-0.25, -0.2) is 22.4 Å². The van der Waals surface area contributed by atoms with E-state index in [9.17, 15) is 23.1 Å². The third-order valence-corrected chi connectivity index (χ3v) is 8.93. The summed E-state index contributed by atoms with van der Waals surface area (Å²) in [6.07, 6.45) is 18.2. The monoisotopic (exact) mass is 582 g/mol. The molecule has 226 valence electrons. The maximum Gasteiger partial charge on any atom is 0.338 e. The van der Waals surface area contributed by atoms with Crippen LogP contribution in [-0.2, 0) is 6.42 Å². The van der Waals surface area contributed by atoms with Crippen LogP contribution in [0.2, 0.25) is 0 Å². The van der Waals surface area contributed by atoms with Gasteiger partial charge in [0.2, 0.25) is 0 Å². The average molecular weight is 583 g/mol. The second-order valence-corrected chi connectivity index (χ2v) is 11.9. The van der Waals surface area contributed by atoms with E-state index in [1.807, 2.05) is 24.3 Å². The van der Waals surface area contributed by atoms with Gasteiger partial charge in [0, 0.05) is 5.56 Å². The number of unbranched alkanes of at least 4 members (excludes halogenated alkanes) is 6. The van der Waals surface area contributed by atoms with E-state index in [2.05, 4.69) is 6.92 Å². The second-order valence-electron chi connectivity index (χ2n) is 11.9. The van der Waals surface area contributed by atoms with Crippen LogP contribution in [-0.4, -0.2) is 11.1 Å². The third-order valence-electron chi connectivity index (χ3n) is 8.93. The van der Waals surface area contributed by atoms with Crippen LogP contribution in [0.5, 0.6) is 0 Å². The predicted octanol–water partition coefficient (Wildman–Crippen LogP) is 11.2. The number of aromatic carboxylic acids is 1. The lowest BCUT2D eigenvalue weighted by Crippen LogP contribution is -2.15. The van der Waals surface area contributed by atoms with E-state index in [0.717, 1.165) is 36.3 Å². The fourth-order valence-corrected chi connectivity index (χ4v) is 6.38. The molecule has 1 N–H and O–H groups in total. The van der Waals surface area contributed by atoms with Crippen LogP contribution in [0.1, 0.15) is 106 Å². The van der Waals surface area contributed by atoms with Crippen LogP contribution < -0.4 is 0 Å². The topological polar surface area (TPSA) is 37.3 Å². The highest BCUT2D eigenvalue weighted by molar-refractivity contribution is 5.94. The fourth-order valence-electron chi connectivity index (χ4n) is 6.38. The van der Waals surface area contributed by atoms with Crippen LogP contribution in [0.3, 0.4) is 0 Å². The van der Waals surface area contributed by atoms with Gasteiger partial charge in [0.05, 0.1) is 5.56 Å². The Bertz CT molecular complexity index is 1300. The molecule has 0 radical (unpaired) electrons. The SMILES string of the molecule is CCCCCCCCC[C@H]1CC[C@H](CCc2ccc(-c3ccc(C(=O)O)c(F)c3-c3cc(F)c(F)c(F)c3)cc2)CC1. The van der Waals surface area contributed by atoms with Crippen LogP contribution >= 0.6 is 0 Å². The molecular formula is C36H42F4O2. The minimum atomic E-state index is -1.67. The zero-order valence-corrected chi connectivity index (χ0v) is 24.5. The largest absolute Gasteiger partial charge is 0.478 e. The molecule has 2 nitrogen and oxygen atoms in total. The van der Waals surface area contributed by atoms with Crippen molar-refractivity contribution in [3.05, 3.63) is 82.9 Å². The first kappa shape index (κ1) is 31.8. The van der Waals surface area contributed by atoms with E-state index in [1.54, 1.807) is 0 Å². The molecule has 3 aromatic carbocycles. The van der Waals surface area contributed by atoms with Crippen molar-refractivity contribution in [2.24, 2.45) is 11.8 Å². The number of carboxylic acid groups (broad SMARTS) is 1. The van der Waals surface area contributed by atoms with Crippen molar-refractivity contribution in [1.82, 2.24) is 0 Å². The molecule has 0 aliphatic heterocycles. The Morgan fingerprint density at radius 1 is 0.714 bits per heavy atom. The number of carboxylic acids is 1. The molecule has 1 saturated carbocycles. The van der Waals surface area contributed by atoms with Crippen LogP contribution in [0, 0.1) is 35.1 Å². The third kappa shape index (κ3) is 8.23. The van der Waals surface area contributed by atoms with Crippen LogP contribution in [0.4, 0.5) is 17.6 Å². The zero-order chi connectivity index (χ0) is 30.1. The smallest absolute Gasteiger partial charge is 0.338 e. The van der Waals surface area contributed by atoms with E-state index in [4.69, 9.17) is 0 Å². The van der Waals surface area contributed by atoms with Crippen molar-refractivity contribution >= 4 is 5.97 Å². The van der Waals surface area contributed by atoms with E-state index in [0.29, 0.717) is 17.7 Å². The Kier molecular flexibility index (Phi) is 11.6. The van der Waals surface area contributed by atoms with E-state index in [1.165, 1.54) is 83.1 Å². The fraction of sp³-hybridized carbons (Fsp3) is 0.472. The minimum absolute atomic E-state index is 0.270. The summed E-state index contributed by atoms with van der Waals surface area (Å²) in [5.41, 5.74) is 0.802. The number of hydrogen-bond acceptors (Lipinski definition) is 1. The number of halogens is 4. The standard InChI is InChI=1S/C36H42F4O2/c1-2-3-4-5-6-7-8-9-24-10-12-25(13-11-24)14-15-26-16-18-27(19-17-26)29-20-21-30(36(41)42)34(39)33(29)28-22-31(37)35(40)32(38)23-28/h16-25H,2-15H2,1H3,(H,41,42)/t24-,25-. The Balaban J connectivity index is 1.36. The van der Waals surface area contributed by atoms with Gasteiger partial charge in [0.25, 0.3) is 0 Å². The Morgan fingerprint density at radius 2 is 1.29 bits per heavy atom. The quantitative estimate of drug-likeness (QED) is 0.117. The lowest BCUT2D eigenvalue weighted by Gasteiger charge is -2.28. The molecule has 0 bridgehead atoms. The molecule has 1 fully saturated rings. The molecule has 0 aromatic heterocycles. The molecule has 1 aliphatic rings. The van der Waals surface area contributed by atoms with Gasteiger partial charge in [0.1, 0.15) is 5.82 Å². The van der Waals surface area contributed by atoms with Gasteiger partial charge in [-0.15, -0.1) is 0 Å². The maximum atomic E-state index is 15.4. The number of benzene rings is 3. The number of carbonyl (C=O) groups is 1. The van der Waals surface area contributed by atoms with Gasteiger partial charge < -0.3 is 5.11 Å². The summed E-state index contributed by atoms with van der Waals surface area (Å²) in [5.74, 6) is -5.65. The summed E-state index contributed by atoms with van der Waals surface area (Å²) in [6.45, 7) is 2.25. The van der Waals surface area contributed by atoms with Crippen molar-refractivity contribution < 1.29 is 27.5 Å². The van der Waals surface area contributed by atoms with Crippen molar-refractivity contribution in [3.63, 3.8) is 0 Å². The predicted molar refractivity (Wildman–Crippen MR) is 160 cm³/mol. The molecule has 0 saturated heterocycles.